The van der Waals surface area contributed by atoms with Crippen LogP contribution < -0.4 is 5.32 Å². The molecule has 0 spiro atoms. The predicted molar refractivity (Wildman–Crippen MR) is 81.0 cm³/mol. The molecule has 0 amide bonds. The normalized spacial score (nSPS) is 15.1. The van der Waals surface area contributed by atoms with Crippen molar-refractivity contribution >= 4 is 17.0 Å². The van der Waals surface area contributed by atoms with Crippen molar-refractivity contribution in [3.8, 4) is 0 Å². The lowest BCUT2D eigenvalue weighted by Gasteiger charge is -2.14. The monoisotopic (exact) mass is 273 g/mol. The minimum absolute atomic E-state index is 0.413. The second-order valence-electron chi connectivity index (χ2n) is 5.00. The number of benzene rings is 1. The third kappa shape index (κ3) is 2.53. The number of nitrogens with one attached hydrogen (secondary N) is 1. The molecule has 0 fully saturated rings. The Kier molecular flexibility index (Phi) is 3.58. The largest absolute Gasteiger partial charge is 0.388 e. The van der Waals surface area contributed by atoms with Crippen LogP contribution in [0.25, 0.3) is 0 Å². The summed E-state index contributed by atoms with van der Waals surface area (Å²) in [6, 6.07) is 10.5. The fraction of sp³-hybridized carbons (Fsp3) is 0.375. The van der Waals surface area contributed by atoms with E-state index in [0.717, 1.165) is 30.6 Å². The first kappa shape index (κ1) is 12.7. The van der Waals surface area contributed by atoms with Gasteiger partial charge in [-0.1, -0.05) is 25.1 Å². The number of anilines is 1. The average Bonchev–Trinajstić information content (AvgIpc) is 3.05. The van der Waals surface area contributed by atoms with Crippen molar-refractivity contribution in [2.45, 2.75) is 32.3 Å². The molecule has 0 bridgehead atoms. The van der Waals surface area contributed by atoms with E-state index in [4.69, 9.17) is 0 Å². The molecule has 19 heavy (non-hydrogen) atoms. The Bertz CT molecular complexity index is 576. The molecule has 1 aliphatic heterocycles. The zero-order valence-electron chi connectivity index (χ0n) is 11.1. The summed E-state index contributed by atoms with van der Waals surface area (Å²) in [5.41, 5.74) is 3.53. The van der Waals surface area contributed by atoms with Gasteiger partial charge in [-0.25, -0.2) is 0 Å². The van der Waals surface area contributed by atoms with E-state index in [0.29, 0.717) is 6.42 Å². The third-order valence-corrected chi connectivity index (χ3v) is 4.95. The van der Waals surface area contributed by atoms with Crippen LogP contribution in [0.5, 0.6) is 0 Å². The molecule has 2 N–H and O–H groups in total. The fourth-order valence-electron chi connectivity index (χ4n) is 2.67. The van der Waals surface area contributed by atoms with Gasteiger partial charge in [-0.05, 0) is 30.5 Å². The number of aryl methyl sites for hydroxylation is 1. The van der Waals surface area contributed by atoms with Crippen LogP contribution in [-0.2, 0) is 19.3 Å². The highest BCUT2D eigenvalue weighted by Gasteiger charge is 2.19. The minimum atomic E-state index is -0.413. The first-order valence-corrected chi connectivity index (χ1v) is 7.71. The van der Waals surface area contributed by atoms with E-state index >= 15 is 0 Å². The molecule has 3 rings (SSSR count). The van der Waals surface area contributed by atoms with E-state index < -0.39 is 6.10 Å². The van der Waals surface area contributed by atoms with Gasteiger partial charge in [0, 0.05) is 34.0 Å². The number of hydrogen-bond acceptors (Lipinski definition) is 3. The molecule has 2 heterocycles. The number of thiophene rings is 1. The summed E-state index contributed by atoms with van der Waals surface area (Å²) >= 11 is 1.81. The van der Waals surface area contributed by atoms with Crippen LogP contribution in [0, 0.1) is 0 Å². The Labute approximate surface area is 118 Å². The maximum absolute atomic E-state index is 10.5. The van der Waals surface area contributed by atoms with E-state index in [2.05, 4.69) is 36.5 Å². The van der Waals surface area contributed by atoms with Crippen molar-refractivity contribution in [2.75, 3.05) is 11.9 Å². The lowest BCUT2D eigenvalue weighted by molar-refractivity contribution is 0.180. The van der Waals surface area contributed by atoms with Gasteiger partial charge in [0.05, 0.1) is 6.10 Å². The number of aliphatic hydroxyl groups excluding tert-OH is 1. The van der Waals surface area contributed by atoms with Gasteiger partial charge in [-0.3, -0.25) is 0 Å². The molecule has 1 atom stereocenters. The molecule has 1 unspecified atom stereocenters. The average molecular weight is 273 g/mol. The zero-order chi connectivity index (χ0) is 13.2. The number of fused-ring (bicyclic) bond motifs is 1. The van der Waals surface area contributed by atoms with E-state index in [1.165, 1.54) is 15.3 Å². The maximum atomic E-state index is 10.5. The molecule has 1 aliphatic rings. The van der Waals surface area contributed by atoms with Crippen LogP contribution in [0.2, 0.25) is 0 Å². The number of hydrogen-bond donors (Lipinski definition) is 2. The summed E-state index contributed by atoms with van der Waals surface area (Å²) in [4.78, 5) is 2.65. The van der Waals surface area contributed by atoms with Crippen molar-refractivity contribution in [1.82, 2.24) is 0 Å². The quantitative estimate of drug-likeness (QED) is 0.893. The Morgan fingerprint density at radius 1 is 1.26 bits per heavy atom. The molecule has 1 aromatic carbocycles. The lowest BCUT2D eigenvalue weighted by atomic mass is 10.0. The Morgan fingerprint density at radius 3 is 2.89 bits per heavy atom. The van der Waals surface area contributed by atoms with Gasteiger partial charge in [-0.2, -0.15) is 0 Å². The first-order chi connectivity index (χ1) is 9.28. The summed E-state index contributed by atoms with van der Waals surface area (Å²) in [7, 11) is 0. The standard InChI is InChI=1S/C16H19NOS/c1-2-12-6-7-13(19-12)10-15(18)14-5-3-4-11-8-9-17-16(11)14/h3-7,15,17-18H,2,8-10H2,1H3. The fourth-order valence-corrected chi connectivity index (χ4v) is 3.66. The smallest absolute Gasteiger partial charge is 0.0858 e. The number of para-hydroxylation sites is 1. The third-order valence-electron chi connectivity index (χ3n) is 3.70. The molecule has 100 valence electrons. The summed E-state index contributed by atoms with van der Waals surface area (Å²) < 4.78 is 0. The highest BCUT2D eigenvalue weighted by molar-refractivity contribution is 7.11. The van der Waals surface area contributed by atoms with Crippen molar-refractivity contribution in [1.29, 1.82) is 0 Å². The molecule has 3 heteroatoms. The summed E-state index contributed by atoms with van der Waals surface area (Å²) in [5.74, 6) is 0. The first-order valence-electron chi connectivity index (χ1n) is 6.89. The molecule has 2 nitrogen and oxygen atoms in total. The van der Waals surface area contributed by atoms with E-state index in [9.17, 15) is 5.11 Å². The molecular formula is C16H19NOS. The summed E-state index contributed by atoms with van der Waals surface area (Å²) in [6.07, 6.45) is 2.43. The van der Waals surface area contributed by atoms with Crippen LogP contribution in [0.3, 0.4) is 0 Å². The lowest BCUT2D eigenvalue weighted by Crippen LogP contribution is -2.04. The molecular weight excluding hydrogens is 254 g/mol. The van der Waals surface area contributed by atoms with Crippen LogP contribution in [0.4, 0.5) is 5.69 Å². The topological polar surface area (TPSA) is 32.3 Å². The van der Waals surface area contributed by atoms with E-state index in [1.807, 2.05) is 17.4 Å². The van der Waals surface area contributed by atoms with Gasteiger partial charge < -0.3 is 10.4 Å². The van der Waals surface area contributed by atoms with Crippen molar-refractivity contribution in [3.63, 3.8) is 0 Å². The van der Waals surface area contributed by atoms with Gasteiger partial charge >= 0.3 is 0 Å². The van der Waals surface area contributed by atoms with Gasteiger partial charge in [0.15, 0.2) is 0 Å². The Balaban J connectivity index is 1.80. The van der Waals surface area contributed by atoms with Crippen LogP contribution in [0.15, 0.2) is 30.3 Å². The molecule has 0 radical (unpaired) electrons. The van der Waals surface area contributed by atoms with Crippen molar-refractivity contribution in [2.24, 2.45) is 0 Å². The van der Waals surface area contributed by atoms with E-state index in [1.54, 1.807) is 0 Å². The molecule has 1 aromatic heterocycles. The molecule has 0 aliphatic carbocycles. The second kappa shape index (κ2) is 5.35. The van der Waals surface area contributed by atoms with Gasteiger partial charge in [0.25, 0.3) is 0 Å². The molecule has 2 aromatic rings. The highest BCUT2D eigenvalue weighted by atomic mass is 32.1. The minimum Gasteiger partial charge on any atom is -0.388 e. The predicted octanol–water partition coefficient (Wildman–Crippen LogP) is 3.55. The number of rotatable bonds is 4. The van der Waals surface area contributed by atoms with E-state index in [-0.39, 0.29) is 0 Å². The Morgan fingerprint density at radius 2 is 2.11 bits per heavy atom. The second-order valence-corrected chi connectivity index (χ2v) is 6.25. The van der Waals surface area contributed by atoms with Crippen molar-refractivity contribution < 1.29 is 5.11 Å². The van der Waals surface area contributed by atoms with Crippen LogP contribution >= 0.6 is 11.3 Å². The van der Waals surface area contributed by atoms with Gasteiger partial charge in [0.1, 0.15) is 0 Å². The summed E-state index contributed by atoms with van der Waals surface area (Å²) in [5, 5.41) is 13.9. The van der Waals surface area contributed by atoms with Crippen LogP contribution in [-0.4, -0.2) is 11.7 Å². The van der Waals surface area contributed by atoms with Gasteiger partial charge in [-0.15, -0.1) is 11.3 Å². The van der Waals surface area contributed by atoms with Crippen molar-refractivity contribution in [3.05, 3.63) is 51.2 Å². The number of aliphatic hydroxyl groups is 1. The SMILES string of the molecule is CCc1ccc(CC(O)c2cccc3c2NCC3)s1. The molecule has 0 saturated heterocycles. The maximum Gasteiger partial charge on any atom is 0.0858 e. The summed E-state index contributed by atoms with van der Waals surface area (Å²) in [6.45, 7) is 3.15. The van der Waals surface area contributed by atoms with Gasteiger partial charge in [0.2, 0.25) is 0 Å². The zero-order valence-corrected chi connectivity index (χ0v) is 12.0. The highest BCUT2D eigenvalue weighted by Crippen LogP contribution is 2.33. The Hall–Kier alpha value is -1.32. The molecule has 0 saturated carbocycles. The van der Waals surface area contributed by atoms with Crippen LogP contribution in [0.1, 0.15) is 33.9 Å².